The van der Waals surface area contributed by atoms with Gasteiger partial charge in [0.05, 0.1) is 0 Å². The zero-order valence-electron chi connectivity index (χ0n) is 5.54. The van der Waals surface area contributed by atoms with Gasteiger partial charge in [-0.05, 0) is 12.8 Å². The van der Waals surface area contributed by atoms with Crippen LogP contribution >= 0.6 is 0 Å². The molecule has 1 unspecified atom stereocenters. The third-order valence-corrected chi connectivity index (χ3v) is 1.76. The molecule has 0 amide bonds. The first-order chi connectivity index (χ1) is 4.69. The van der Waals surface area contributed by atoms with Crippen LogP contribution in [-0.4, -0.2) is 21.9 Å². The molecule has 0 saturated heterocycles. The fourth-order valence-corrected chi connectivity index (χ4v) is 1.08. The van der Waals surface area contributed by atoms with E-state index in [1.165, 1.54) is 0 Å². The Morgan fingerprint density at radius 2 is 2.20 bits per heavy atom. The summed E-state index contributed by atoms with van der Waals surface area (Å²) >= 11 is 0. The SMILES string of the molecule is O=C1CCCCC1(O)OO. The number of hydrogen-bond donors (Lipinski definition) is 2. The molecule has 0 heterocycles. The summed E-state index contributed by atoms with van der Waals surface area (Å²) in [7, 11) is 0. The number of ketones is 1. The molecule has 0 aromatic rings. The van der Waals surface area contributed by atoms with Crippen LogP contribution in [-0.2, 0) is 9.68 Å². The fourth-order valence-electron chi connectivity index (χ4n) is 1.08. The molecule has 1 aliphatic carbocycles. The van der Waals surface area contributed by atoms with Gasteiger partial charge in [0.15, 0.2) is 5.78 Å². The lowest BCUT2D eigenvalue weighted by Crippen LogP contribution is -2.42. The number of carbonyl (C=O) groups is 1. The van der Waals surface area contributed by atoms with Crippen LogP contribution in [0.5, 0.6) is 0 Å². The Hall–Kier alpha value is -0.450. The van der Waals surface area contributed by atoms with E-state index < -0.39 is 11.6 Å². The molecule has 0 bridgehead atoms. The van der Waals surface area contributed by atoms with Crippen LogP contribution in [0.4, 0.5) is 0 Å². The summed E-state index contributed by atoms with van der Waals surface area (Å²) in [5, 5.41) is 17.3. The summed E-state index contributed by atoms with van der Waals surface area (Å²) in [6.45, 7) is 0. The molecule has 1 fully saturated rings. The second-order valence-electron chi connectivity index (χ2n) is 2.51. The van der Waals surface area contributed by atoms with E-state index in [2.05, 4.69) is 4.89 Å². The second-order valence-corrected chi connectivity index (χ2v) is 2.51. The van der Waals surface area contributed by atoms with Gasteiger partial charge in [-0.1, -0.05) is 0 Å². The molecule has 58 valence electrons. The van der Waals surface area contributed by atoms with Gasteiger partial charge in [0.1, 0.15) is 0 Å². The molecular weight excluding hydrogens is 136 g/mol. The molecule has 2 N–H and O–H groups in total. The van der Waals surface area contributed by atoms with Crippen molar-refractivity contribution in [3.8, 4) is 0 Å². The molecule has 0 spiro atoms. The van der Waals surface area contributed by atoms with E-state index in [1.807, 2.05) is 0 Å². The zero-order chi connectivity index (χ0) is 7.61. The molecule has 0 aromatic heterocycles. The van der Waals surface area contributed by atoms with Gasteiger partial charge in [0, 0.05) is 12.8 Å². The monoisotopic (exact) mass is 146 g/mol. The molecule has 1 saturated carbocycles. The molecule has 0 aromatic carbocycles. The van der Waals surface area contributed by atoms with Crippen molar-refractivity contribution < 1.29 is 20.0 Å². The van der Waals surface area contributed by atoms with Crippen LogP contribution in [0, 0.1) is 0 Å². The molecule has 4 nitrogen and oxygen atoms in total. The molecule has 1 rings (SSSR count). The quantitative estimate of drug-likeness (QED) is 0.317. The van der Waals surface area contributed by atoms with Crippen LogP contribution in [0.1, 0.15) is 25.7 Å². The lowest BCUT2D eigenvalue weighted by molar-refractivity contribution is -0.377. The highest BCUT2D eigenvalue weighted by Crippen LogP contribution is 2.24. The number of aliphatic hydroxyl groups is 1. The average molecular weight is 146 g/mol. The van der Waals surface area contributed by atoms with Gasteiger partial charge in [-0.2, -0.15) is 4.89 Å². The van der Waals surface area contributed by atoms with Crippen molar-refractivity contribution in [2.45, 2.75) is 31.5 Å². The zero-order valence-corrected chi connectivity index (χ0v) is 5.54. The van der Waals surface area contributed by atoms with Crippen molar-refractivity contribution >= 4 is 5.78 Å². The van der Waals surface area contributed by atoms with E-state index in [9.17, 15) is 4.79 Å². The molecule has 4 heteroatoms. The molecule has 10 heavy (non-hydrogen) atoms. The van der Waals surface area contributed by atoms with Crippen LogP contribution in [0.2, 0.25) is 0 Å². The van der Waals surface area contributed by atoms with Crippen LogP contribution in [0.15, 0.2) is 0 Å². The summed E-state index contributed by atoms with van der Waals surface area (Å²) in [6.07, 6.45) is 1.96. The maximum absolute atomic E-state index is 10.8. The Labute approximate surface area is 58.4 Å². The highest BCUT2D eigenvalue weighted by atomic mass is 17.1. The average Bonchev–Trinajstić information content (AvgIpc) is 1.96. The van der Waals surface area contributed by atoms with Crippen molar-refractivity contribution in [3.63, 3.8) is 0 Å². The number of Topliss-reactive ketones (excluding diaryl/α,β-unsaturated/α-hetero) is 1. The van der Waals surface area contributed by atoms with Crippen LogP contribution in [0.3, 0.4) is 0 Å². The molecule has 1 atom stereocenters. The predicted octanol–water partition coefficient (Wildman–Crippen LogP) is 0.308. The maximum Gasteiger partial charge on any atom is 0.258 e. The van der Waals surface area contributed by atoms with E-state index >= 15 is 0 Å². The highest BCUT2D eigenvalue weighted by Gasteiger charge is 2.39. The van der Waals surface area contributed by atoms with E-state index in [4.69, 9.17) is 10.4 Å². The summed E-state index contributed by atoms with van der Waals surface area (Å²) in [6, 6.07) is 0. The van der Waals surface area contributed by atoms with Gasteiger partial charge in [0.2, 0.25) is 0 Å². The third-order valence-electron chi connectivity index (χ3n) is 1.76. The molecular formula is C6H10O4. The van der Waals surface area contributed by atoms with Crippen molar-refractivity contribution in [3.05, 3.63) is 0 Å². The standard InChI is InChI=1S/C6H10O4/c7-5-3-1-2-4-6(5,8)10-9/h8-9H,1-4H2. The Morgan fingerprint density at radius 3 is 2.60 bits per heavy atom. The van der Waals surface area contributed by atoms with Gasteiger partial charge in [-0.25, -0.2) is 5.26 Å². The summed E-state index contributed by atoms with van der Waals surface area (Å²) in [4.78, 5) is 14.5. The number of rotatable bonds is 1. The topological polar surface area (TPSA) is 66.8 Å². The predicted molar refractivity (Wildman–Crippen MR) is 32.1 cm³/mol. The van der Waals surface area contributed by atoms with E-state index in [0.29, 0.717) is 6.42 Å². The third kappa shape index (κ3) is 1.18. The minimum absolute atomic E-state index is 0.197. The summed E-state index contributed by atoms with van der Waals surface area (Å²) in [5.41, 5.74) is 0. The summed E-state index contributed by atoms with van der Waals surface area (Å²) in [5.74, 6) is -2.33. The van der Waals surface area contributed by atoms with Gasteiger partial charge >= 0.3 is 0 Å². The van der Waals surface area contributed by atoms with Gasteiger partial charge in [-0.3, -0.25) is 4.79 Å². The first-order valence-electron chi connectivity index (χ1n) is 3.27. The van der Waals surface area contributed by atoms with Crippen molar-refractivity contribution in [2.24, 2.45) is 0 Å². The number of hydrogen-bond acceptors (Lipinski definition) is 4. The van der Waals surface area contributed by atoms with Gasteiger partial charge in [0.25, 0.3) is 5.79 Å². The minimum atomic E-state index is -1.90. The normalized spacial score (nSPS) is 34.4. The molecule has 0 radical (unpaired) electrons. The van der Waals surface area contributed by atoms with E-state index in [0.717, 1.165) is 6.42 Å². The first-order valence-corrected chi connectivity index (χ1v) is 3.27. The van der Waals surface area contributed by atoms with Gasteiger partial charge < -0.3 is 5.11 Å². The van der Waals surface area contributed by atoms with Crippen molar-refractivity contribution in [1.82, 2.24) is 0 Å². The van der Waals surface area contributed by atoms with Crippen molar-refractivity contribution in [1.29, 1.82) is 0 Å². The molecule has 0 aliphatic heterocycles. The van der Waals surface area contributed by atoms with Gasteiger partial charge in [-0.15, -0.1) is 0 Å². The smallest absolute Gasteiger partial charge is 0.258 e. The van der Waals surface area contributed by atoms with E-state index in [-0.39, 0.29) is 12.8 Å². The fraction of sp³-hybridized carbons (Fsp3) is 0.833. The highest BCUT2D eigenvalue weighted by molar-refractivity contribution is 5.86. The largest absolute Gasteiger partial charge is 0.358 e. The van der Waals surface area contributed by atoms with Crippen LogP contribution < -0.4 is 0 Å². The molecule has 1 aliphatic rings. The van der Waals surface area contributed by atoms with Crippen molar-refractivity contribution in [2.75, 3.05) is 0 Å². The first kappa shape index (κ1) is 7.65. The maximum atomic E-state index is 10.8. The minimum Gasteiger partial charge on any atom is -0.358 e. The number of carbonyl (C=O) groups excluding carboxylic acids is 1. The van der Waals surface area contributed by atoms with E-state index in [1.54, 1.807) is 0 Å². The second kappa shape index (κ2) is 2.65. The Kier molecular flexibility index (Phi) is 2.03. The lowest BCUT2D eigenvalue weighted by atomic mass is 9.93. The van der Waals surface area contributed by atoms with Crippen LogP contribution in [0.25, 0.3) is 0 Å². The Morgan fingerprint density at radius 1 is 1.50 bits per heavy atom. The lowest BCUT2D eigenvalue weighted by Gasteiger charge is -2.26. The Bertz CT molecular complexity index is 145. The Balaban J connectivity index is 2.63. The summed E-state index contributed by atoms with van der Waals surface area (Å²) < 4.78 is 0.